The van der Waals surface area contributed by atoms with Crippen LogP contribution < -0.4 is 26.2 Å². The van der Waals surface area contributed by atoms with Crippen molar-refractivity contribution in [3.63, 3.8) is 0 Å². The van der Waals surface area contributed by atoms with Gasteiger partial charge in [-0.15, -0.1) is 0 Å². The second-order valence-corrected chi connectivity index (χ2v) is 36.0. The smallest absolute Gasteiger partial charge is 0.252 e. The lowest BCUT2D eigenvalue weighted by Gasteiger charge is -2.51. The minimum absolute atomic E-state index is 0.0193. The average molecular weight is 1120 g/mol. The molecule has 3 atom stereocenters. The first-order valence-electron chi connectivity index (χ1n) is 33.5. The SMILES string of the molecule is CC(C)(C)c1ccc2c(c1)C1(C)CCCCC1(C)C2c1cc2c3c(c1)N(c1ccc4c(c1)C(C)(C)CCC4(C)C)c1cc4c(cc1B3c1cc3c(cc1N2c1ccc2c(c1)C(C)(C)CCC2(C)C)C(C)(C)CCC3(C)C)C(C)(C)CCC4(C)C. The first kappa shape index (κ1) is 56.8. The minimum Gasteiger partial charge on any atom is -0.311 e. The van der Waals surface area contributed by atoms with E-state index >= 15 is 0 Å². The number of anilines is 6. The molecule has 0 aromatic heterocycles. The zero-order valence-corrected chi connectivity index (χ0v) is 56.2. The third kappa shape index (κ3) is 7.85. The maximum absolute atomic E-state index is 2.86. The molecule has 6 aliphatic carbocycles. The predicted octanol–water partition coefficient (Wildman–Crippen LogP) is 20.4. The molecule has 6 aromatic carbocycles. The Morgan fingerprint density at radius 2 is 0.726 bits per heavy atom. The van der Waals surface area contributed by atoms with Gasteiger partial charge in [-0.25, -0.2) is 0 Å². The van der Waals surface area contributed by atoms with Crippen molar-refractivity contribution in [1.29, 1.82) is 0 Å². The van der Waals surface area contributed by atoms with Crippen LogP contribution in [-0.4, -0.2) is 6.71 Å². The zero-order valence-electron chi connectivity index (χ0n) is 56.2. The van der Waals surface area contributed by atoms with Crippen molar-refractivity contribution in [1.82, 2.24) is 0 Å². The van der Waals surface area contributed by atoms with E-state index < -0.39 is 0 Å². The normalized spacial score (nSPS) is 27.0. The summed E-state index contributed by atoms with van der Waals surface area (Å²) in [5, 5.41) is 0. The Morgan fingerprint density at radius 3 is 1.13 bits per heavy atom. The quantitative estimate of drug-likeness (QED) is 0.163. The molecule has 0 amide bonds. The molecule has 0 bridgehead atoms. The van der Waals surface area contributed by atoms with Gasteiger partial charge in [0.05, 0.1) is 0 Å². The van der Waals surface area contributed by atoms with Gasteiger partial charge in [-0.05, 0) is 255 Å². The summed E-state index contributed by atoms with van der Waals surface area (Å²) in [5.74, 6) is 0.219. The van der Waals surface area contributed by atoms with Crippen molar-refractivity contribution in [2.24, 2.45) is 5.41 Å². The van der Waals surface area contributed by atoms with Gasteiger partial charge in [-0.3, -0.25) is 0 Å². The lowest BCUT2D eigenvalue weighted by atomic mass is 9.32. The van der Waals surface area contributed by atoms with E-state index in [0.29, 0.717) is 0 Å². The summed E-state index contributed by atoms with van der Waals surface area (Å²) in [6.07, 6.45) is 14.5. The van der Waals surface area contributed by atoms with Crippen LogP contribution in [0.4, 0.5) is 34.1 Å². The van der Waals surface area contributed by atoms with Crippen molar-refractivity contribution in [3.05, 3.63) is 158 Å². The van der Waals surface area contributed by atoms with Crippen molar-refractivity contribution in [2.45, 2.75) is 283 Å². The van der Waals surface area contributed by atoms with E-state index in [-0.39, 0.29) is 72.2 Å². The number of fused-ring (bicyclic) bond motifs is 11. The molecule has 440 valence electrons. The van der Waals surface area contributed by atoms with Crippen LogP contribution in [0.15, 0.2) is 91.0 Å². The molecule has 2 aliphatic heterocycles. The molecule has 0 spiro atoms. The molecule has 14 rings (SSSR count). The molecule has 0 radical (unpaired) electrons. The predicted molar refractivity (Wildman–Crippen MR) is 363 cm³/mol. The molecule has 84 heavy (non-hydrogen) atoms. The Labute approximate surface area is 509 Å². The molecule has 1 fully saturated rings. The van der Waals surface area contributed by atoms with Crippen molar-refractivity contribution < 1.29 is 0 Å². The summed E-state index contributed by atoms with van der Waals surface area (Å²) < 4.78 is 0. The summed E-state index contributed by atoms with van der Waals surface area (Å²) in [5.41, 5.74) is 31.6. The van der Waals surface area contributed by atoms with E-state index in [1.807, 2.05) is 0 Å². The van der Waals surface area contributed by atoms with Crippen LogP contribution in [0.1, 0.15) is 295 Å². The van der Waals surface area contributed by atoms with Gasteiger partial charge in [0.25, 0.3) is 6.71 Å². The van der Waals surface area contributed by atoms with Gasteiger partial charge >= 0.3 is 0 Å². The van der Waals surface area contributed by atoms with Crippen LogP contribution in [0.3, 0.4) is 0 Å². The van der Waals surface area contributed by atoms with E-state index in [0.717, 1.165) is 0 Å². The third-order valence-corrected chi connectivity index (χ3v) is 25.9. The van der Waals surface area contributed by atoms with Crippen LogP contribution >= 0.6 is 0 Å². The Kier molecular flexibility index (Phi) is 11.8. The van der Waals surface area contributed by atoms with Crippen LogP contribution in [0.25, 0.3) is 0 Å². The second kappa shape index (κ2) is 17.4. The molecule has 1 saturated carbocycles. The molecule has 3 unspecified atom stereocenters. The largest absolute Gasteiger partial charge is 0.311 e. The fourth-order valence-corrected chi connectivity index (χ4v) is 19.4. The van der Waals surface area contributed by atoms with E-state index in [2.05, 4.69) is 246 Å². The minimum atomic E-state index is 0.0193. The molecular weight excluding hydrogens is 1010 g/mol. The molecule has 2 heterocycles. The number of nitrogens with zero attached hydrogens (tertiary/aromatic N) is 2. The van der Waals surface area contributed by atoms with Gasteiger partial charge in [-0.2, -0.15) is 0 Å². The van der Waals surface area contributed by atoms with Gasteiger partial charge in [-0.1, -0.05) is 201 Å². The lowest BCUT2D eigenvalue weighted by molar-refractivity contribution is 0.0923. The monoisotopic (exact) mass is 1110 g/mol. The van der Waals surface area contributed by atoms with E-state index in [9.17, 15) is 0 Å². The second-order valence-electron chi connectivity index (χ2n) is 36.0. The molecule has 0 saturated heterocycles. The molecular formula is C81H103BN2. The average Bonchev–Trinajstić information content (AvgIpc) is 1.12. The van der Waals surface area contributed by atoms with Crippen LogP contribution in [-0.2, 0) is 54.1 Å². The zero-order chi connectivity index (χ0) is 60.0. The highest BCUT2D eigenvalue weighted by Gasteiger charge is 2.60. The summed E-state index contributed by atoms with van der Waals surface area (Å²) in [4.78, 5) is 5.72. The summed E-state index contributed by atoms with van der Waals surface area (Å²) in [6.45, 7) is 53.2. The highest BCUT2D eigenvalue weighted by Crippen LogP contribution is 2.68. The third-order valence-electron chi connectivity index (χ3n) is 25.9. The maximum atomic E-state index is 2.86. The number of benzene rings is 6. The number of hydrogen-bond donors (Lipinski definition) is 0. The first-order chi connectivity index (χ1) is 38.9. The Morgan fingerprint density at radius 1 is 0.357 bits per heavy atom. The molecule has 8 aliphatic rings. The Balaban J connectivity index is 1.16. The first-order valence-corrected chi connectivity index (χ1v) is 33.5. The number of rotatable bonds is 3. The van der Waals surface area contributed by atoms with Gasteiger partial charge in [0.1, 0.15) is 0 Å². The Bertz CT molecular complexity index is 3610. The lowest BCUT2D eigenvalue weighted by Crippen LogP contribution is -2.62. The van der Waals surface area contributed by atoms with E-state index in [1.165, 1.54) is 172 Å². The molecule has 3 heteroatoms. The fraction of sp³-hybridized carbons (Fsp3) is 0.556. The molecule has 6 aromatic rings. The van der Waals surface area contributed by atoms with Gasteiger partial charge < -0.3 is 9.80 Å². The molecule has 2 nitrogen and oxygen atoms in total. The van der Waals surface area contributed by atoms with Gasteiger partial charge in [0, 0.05) is 40.0 Å². The Hall–Kier alpha value is -5.02. The van der Waals surface area contributed by atoms with Crippen LogP contribution in [0.5, 0.6) is 0 Å². The summed E-state index contributed by atoms with van der Waals surface area (Å²) >= 11 is 0. The van der Waals surface area contributed by atoms with E-state index in [1.54, 1.807) is 22.3 Å². The maximum Gasteiger partial charge on any atom is 0.252 e. The van der Waals surface area contributed by atoms with Crippen LogP contribution in [0, 0.1) is 5.41 Å². The fourth-order valence-electron chi connectivity index (χ4n) is 19.4. The topological polar surface area (TPSA) is 6.48 Å². The highest BCUT2D eigenvalue weighted by atomic mass is 15.2. The van der Waals surface area contributed by atoms with Crippen molar-refractivity contribution in [2.75, 3.05) is 9.80 Å². The van der Waals surface area contributed by atoms with Gasteiger partial charge in [0.2, 0.25) is 0 Å². The van der Waals surface area contributed by atoms with Gasteiger partial charge in [0.15, 0.2) is 0 Å². The highest BCUT2D eigenvalue weighted by molar-refractivity contribution is 7.00. The summed E-state index contributed by atoms with van der Waals surface area (Å²) in [7, 11) is 0. The summed E-state index contributed by atoms with van der Waals surface area (Å²) in [6, 6.07) is 40.2. The number of hydrogen-bond acceptors (Lipinski definition) is 2. The van der Waals surface area contributed by atoms with Crippen molar-refractivity contribution in [3.8, 4) is 0 Å². The van der Waals surface area contributed by atoms with Crippen molar-refractivity contribution >= 4 is 57.2 Å². The van der Waals surface area contributed by atoms with E-state index in [4.69, 9.17) is 0 Å². The molecule has 0 N–H and O–H groups in total. The van der Waals surface area contributed by atoms with Crippen LogP contribution in [0.2, 0.25) is 0 Å². The standard InChI is InChI=1S/C81H103BN2/c1-71(2,3)50-24-27-53-56(42-50)80(20)30-22-23-31-81(80,21)69(53)49-40-67-70-68(41-49)84(52-26-29-55-58(44-52)75(10,11)35-33-73(55,6)7)66-48-62-60(77(14,15)37-39-79(62,18)19)46-64(66)82(70)63-45-59-61(78(16,17)38-36-76(59,12)13)47-65(63)83(67)51-25-28-54-57(43-51)74(8,9)34-32-72(54,4)5/h24-29,40-48,69H,22-23,30-39H2,1-21H3.